The Morgan fingerprint density at radius 1 is 1.09 bits per heavy atom. The summed E-state index contributed by atoms with van der Waals surface area (Å²) in [7, 11) is 0. The molecule has 3 rings (SSSR count). The van der Waals surface area contributed by atoms with Crippen molar-refractivity contribution in [2.24, 2.45) is 4.99 Å². The predicted molar refractivity (Wildman–Crippen MR) is 75.3 cm³/mol. The van der Waals surface area contributed by atoms with Crippen LogP contribution in [0.5, 0.6) is 0 Å². The Labute approximate surface area is 124 Å². The lowest BCUT2D eigenvalue weighted by Gasteiger charge is -2.11. The standard InChI is InChI=1S/C16H11F3N2O/c17-16(18,19)14-4-3-12(9-21-14)15(22)11-2-1-10-5-6-20-8-13(10)7-11/h1-4,7-9H,5-6H2. The monoisotopic (exact) mass is 304 g/mol. The Kier molecular flexibility index (Phi) is 3.52. The molecule has 1 aliphatic rings. The van der Waals surface area contributed by atoms with Crippen molar-refractivity contribution in [3.8, 4) is 0 Å². The molecule has 2 heterocycles. The van der Waals surface area contributed by atoms with Crippen LogP contribution >= 0.6 is 0 Å². The van der Waals surface area contributed by atoms with E-state index in [1.54, 1.807) is 18.3 Å². The van der Waals surface area contributed by atoms with E-state index in [2.05, 4.69) is 9.98 Å². The molecule has 2 aromatic rings. The van der Waals surface area contributed by atoms with Crippen LogP contribution in [0.1, 0.15) is 32.7 Å². The molecule has 0 unspecified atom stereocenters. The third kappa shape index (κ3) is 2.77. The first-order valence-electron chi connectivity index (χ1n) is 6.66. The highest BCUT2D eigenvalue weighted by molar-refractivity contribution is 6.09. The van der Waals surface area contributed by atoms with Crippen molar-refractivity contribution >= 4 is 12.0 Å². The van der Waals surface area contributed by atoms with Gasteiger partial charge < -0.3 is 0 Å². The summed E-state index contributed by atoms with van der Waals surface area (Å²) >= 11 is 0. The summed E-state index contributed by atoms with van der Waals surface area (Å²) < 4.78 is 37.4. The minimum atomic E-state index is -4.51. The van der Waals surface area contributed by atoms with Gasteiger partial charge in [0.1, 0.15) is 5.69 Å². The van der Waals surface area contributed by atoms with Crippen molar-refractivity contribution in [1.29, 1.82) is 0 Å². The van der Waals surface area contributed by atoms with Gasteiger partial charge in [-0.15, -0.1) is 0 Å². The van der Waals surface area contributed by atoms with E-state index in [-0.39, 0.29) is 11.3 Å². The van der Waals surface area contributed by atoms with Gasteiger partial charge in [0.25, 0.3) is 0 Å². The highest BCUT2D eigenvalue weighted by Crippen LogP contribution is 2.27. The van der Waals surface area contributed by atoms with E-state index in [0.717, 1.165) is 42.4 Å². The first kappa shape index (κ1) is 14.4. The largest absolute Gasteiger partial charge is 0.433 e. The van der Waals surface area contributed by atoms with Crippen LogP contribution in [0.15, 0.2) is 41.5 Å². The normalized spacial score (nSPS) is 13.8. The summed E-state index contributed by atoms with van der Waals surface area (Å²) in [5, 5.41) is 0. The van der Waals surface area contributed by atoms with Crippen molar-refractivity contribution in [3.63, 3.8) is 0 Å². The van der Waals surface area contributed by atoms with E-state index < -0.39 is 11.9 Å². The van der Waals surface area contributed by atoms with Gasteiger partial charge in [-0.1, -0.05) is 12.1 Å². The molecule has 22 heavy (non-hydrogen) atoms. The highest BCUT2D eigenvalue weighted by atomic mass is 19.4. The number of fused-ring (bicyclic) bond motifs is 1. The van der Waals surface area contributed by atoms with Gasteiger partial charge in [-0.2, -0.15) is 13.2 Å². The number of carbonyl (C=O) groups is 1. The molecular formula is C16H11F3N2O. The molecule has 0 spiro atoms. The summed E-state index contributed by atoms with van der Waals surface area (Å²) in [6.07, 6.45) is -1.02. The second kappa shape index (κ2) is 5.36. The van der Waals surface area contributed by atoms with Crippen LogP contribution in [-0.2, 0) is 12.6 Å². The van der Waals surface area contributed by atoms with E-state index in [0.29, 0.717) is 5.56 Å². The van der Waals surface area contributed by atoms with Crippen LogP contribution < -0.4 is 0 Å². The molecule has 0 N–H and O–H groups in total. The zero-order valence-corrected chi connectivity index (χ0v) is 11.4. The smallest absolute Gasteiger partial charge is 0.292 e. The average molecular weight is 304 g/mol. The minimum absolute atomic E-state index is 0.126. The predicted octanol–water partition coefficient (Wildman–Crippen LogP) is 3.31. The number of nitrogens with zero attached hydrogens (tertiary/aromatic N) is 2. The number of hydrogen-bond acceptors (Lipinski definition) is 3. The average Bonchev–Trinajstić information content (AvgIpc) is 2.53. The van der Waals surface area contributed by atoms with Crippen LogP contribution in [0, 0.1) is 0 Å². The second-order valence-corrected chi connectivity index (χ2v) is 4.96. The summed E-state index contributed by atoms with van der Waals surface area (Å²) in [6.45, 7) is 0.725. The molecule has 0 saturated carbocycles. The van der Waals surface area contributed by atoms with Crippen LogP contribution in [-0.4, -0.2) is 23.5 Å². The fourth-order valence-corrected chi connectivity index (χ4v) is 2.29. The Morgan fingerprint density at radius 2 is 1.86 bits per heavy atom. The number of rotatable bonds is 2. The number of pyridine rings is 1. The molecule has 112 valence electrons. The van der Waals surface area contributed by atoms with Crippen LogP contribution in [0.25, 0.3) is 0 Å². The summed E-state index contributed by atoms with van der Waals surface area (Å²) in [4.78, 5) is 19.8. The highest BCUT2D eigenvalue weighted by Gasteiger charge is 2.32. The van der Waals surface area contributed by atoms with E-state index in [1.807, 2.05) is 6.07 Å². The molecule has 6 heteroatoms. The quantitative estimate of drug-likeness (QED) is 0.799. The topological polar surface area (TPSA) is 42.3 Å². The maximum Gasteiger partial charge on any atom is 0.433 e. The molecule has 0 saturated heterocycles. The molecule has 0 aliphatic carbocycles. The number of hydrogen-bond donors (Lipinski definition) is 0. The summed E-state index contributed by atoms with van der Waals surface area (Å²) in [6, 6.07) is 7.19. The van der Waals surface area contributed by atoms with Gasteiger partial charge in [-0.3, -0.25) is 14.8 Å². The Hall–Kier alpha value is -2.50. The van der Waals surface area contributed by atoms with Crippen molar-refractivity contribution in [2.45, 2.75) is 12.6 Å². The van der Waals surface area contributed by atoms with E-state index in [9.17, 15) is 18.0 Å². The van der Waals surface area contributed by atoms with Crippen molar-refractivity contribution in [2.75, 3.05) is 6.54 Å². The van der Waals surface area contributed by atoms with Crippen LogP contribution in [0.2, 0.25) is 0 Å². The SMILES string of the molecule is O=C(c1ccc(C(F)(F)F)nc1)c1ccc2c(c1)C=NCC2. The zero-order chi connectivity index (χ0) is 15.7. The van der Waals surface area contributed by atoms with Gasteiger partial charge in [0.2, 0.25) is 0 Å². The van der Waals surface area contributed by atoms with Gasteiger partial charge in [0.05, 0.1) is 0 Å². The summed E-state index contributed by atoms with van der Waals surface area (Å²) in [5.41, 5.74) is 1.50. The summed E-state index contributed by atoms with van der Waals surface area (Å²) in [5.74, 6) is -0.358. The van der Waals surface area contributed by atoms with Gasteiger partial charge in [-0.25, -0.2) is 0 Å². The Morgan fingerprint density at radius 3 is 2.55 bits per heavy atom. The maximum atomic E-state index is 12.5. The van der Waals surface area contributed by atoms with Gasteiger partial charge >= 0.3 is 6.18 Å². The van der Waals surface area contributed by atoms with Crippen molar-refractivity contribution in [1.82, 2.24) is 4.98 Å². The minimum Gasteiger partial charge on any atom is -0.292 e. The lowest BCUT2D eigenvalue weighted by molar-refractivity contribution is -0.141. The first-order valence-corrected chi connectivity index (χ1v) is 6.66. The number of ketones is 1. The molecule has 1 aromatic heterocycles. The zero-order valence-electron chi connectivity index (χ0n) is 11.4. The van der Waals surface area contributed by atoms with Crippen molar-refractivity contribution in [3.05, 3.63) is 64.5 Å². The maximum absolute atomic E-state index is 12.5. The van der Waals surface area contributed by atoms with Gasteiger partial charge in [0, 0.05) is 30.1 Å². The molecule has 3 nitrogen and oxygen atoms in total. The number of aromatic nitrogens is 1. The number of aliphatic imine (C=N–C) groups is 1. The second-order valence-electron chi connectivity index (χ2n) is 4.96. The number of halogens is 3. The molecule has 1 aromatic carbocycles. The van der Waals surface area contributed by atoms with E-state index in [1.165, 1.54) is 0 Å². The Bertz CT molecular complexity index is 749. The fraction of sp³-hybridized carbons (Fsp3) is 0.188. The van der Waals surface area contributed by atoms with Crippen molar-refractivity contribution < 1.29 is 18.0 Å². The first-order chi connectivity index (χ1) is 10.4. The molecule has 1 aliphatic heterocycles. The molecule has 0 fully saturated rings. The fourth-order valence-electron chi connectivity index (χ4n) is 2.29. The third-order valence-corrected chi connectivity index (χ3v) is 3.46. The molecule has 0 bridgehead atoms. The molecule has 0 atom stereocenters. The number of benzene rings is 1. The number of alkyl halides is 3. The molecule has 0 radical (unpaired) electrons. The van der Waals surface area contributed by atoms with Gasteiger partial charge in [-0.05, 0) is 35.7 Å². The molecule has 0 amide bonds. The van der Waals surface area contributed by atoms with Crippen LogP contribution in [0.4, 0.5) is 13.2 Å². The number of carbonyl (C=O) groups excluding carboxylic acids is 1. The van der Waals surface area contributed by atoms with E-state index >= 15 is 0 Å². The van der Waals surface area contributed by atoms with Crippen LogP contribution in [0.3, 0.4) is 0 Å². The molecular weight excluding hydrogens is 293 g/mol. The Balaban J connectivity index is 1.90. The van der Waals surface area contributed by atoms with Gasteiger partial charge in [0.15, 0.2) is 5.78 Å². The third-order valence-electron chi connectivity index (χ3n) is 3.46. The lowest BCUT2D eigenvalue weighted by atomic mass is 9.96. The lowest BCUT2D eigenvalue weighted by Crippen LogP contribution is -2.10. The van der Waals surface area contributed by atoms with E-state index in [4.69, 9.17) is 0 Å².